The van der Waals surface area contributed by atoms with Gasteiger partial charge < -0.3 is 4.90 Å². The number of fused-ring (bicyclic) bond motifs is 1. The van der Waals surface area contributed by atoms with Gasteiger partial charge in [0, 0.05) is 30.9 Å². The smallest absolute Gasteiger partial charge is 0.246 e. The largest absolute Gasteiger partial charge is 0.334 e. The van der Waals surface area contributed by atoms with Crippen molar-refractivity contribution in [1.82, 2.24) is 19.9 Å². The average molecular weight is 413 g/mol. The fourth-order valence-corrected chi connectivity index (χ4v) is 3.50. The van der Waals surface area contributed by atoms with E-state index in [1.807, 2.05) is 43.3 Å². The molecule has 31 heavy (non-hydrogen) atoms. The van der Waals surface area contributed by atoms with Crippen LogP contribution in [0.4, 0.5) is 5.95 Å². The van der Waals surface area contributed by atoms with Gasteiger partial charge in [-0.15, -0.1) is 0 Å². The van der Waals surface area contributed by atoms with Crippen LogP contribution in [0.2, 0.25) is 0 Å². The maximum absolute atomic E-state index is 12.7. The lowest BCUT2D eigenvalue weighted by Crippen LogP contribution is -2.34. The van der Waals surface area contributed by atoms with Crippen LogP contribution in [0.25, 0.3) is 16.5 Å². The molecule has 1 unspecified atom stereocenters. The summed E-state index contributed by atoms with van der Waals surface area (Å²) in [5.41, 5.74) is 3.36. The van der Waals surface area contributed by atoms with Gasteiger partial charge in [0.2, 0.25) is 17.8 Å². The molecule has 1 atom stereocenters. The Morgan fingerprint density at radius 3 is 2.77 bits per heavy atom. The van der Waals surface area contributed by atoms with Crippen molar-refractivity contribution >= 4 is 34.2 Å². The maximum Gasteiger partial charge on any atom is 0.246 e. The molecule has 3 aromatic rings. The van der Waals surface area contributed by atoms with E-state index in [1.165, 1.54) is 6.08 Å². The van der Waals surface area contributed by atoms with E-state index in [9.17, 15) is 9.59 Å². The number of aromatic nitrogens is 3. The quantitative estimate of drug-likeness (QED) is 0.646. The van der Waals surface area contributed by atoms with Gasteiger partial charge >= 0.3 is 0 Å². The number of benzene rings is 1. The first-order valence-electron chi connectivity index (χ1n) is 10.1. The Balaban J connectivity index is 1.44. The van der Waals surface area contributed by atoms with Gasteiger partial charge in [-0.3, -0.25) is 19.9 Å². The fraction of sp³-hybridized carbons (Fsp3) is 0.208. The summed E-state index contributed by atoms with van der Waals surface area (Å²) < 4.78 is 0. The number of nitrogens with one attached hydrogen (secondary N) is 1. The molecular formula is C24H23N5O2. The van der Waals surface area contributed by atoms with E-state index in [0.717, 1.165) is 34.2 Å². The Hall–Kier alpha value is -3.87. The highest BCUT2D eigenvalue weighted by Gasteiger charge is 2.20. The van der Waals surface area contributed by atoms with E-state index in [1.54, 1.807) is 17.3 Å². The van der Waals surface area contributed by atoms with Crippen LogP contribution in [0.15, 0.2) is 67.5 Å². The second-order valence-corrected chi connectivity index (χ2v) is 7.42. The van der Waals surface area contributed by atoms with Crippen molar-refractivity contribution in [2.45, 2.75) is 19.3 Å². The van der Waals surface area contributed by atoms with E-state index in [4.69, 9.17) is 0 Å². The Kier molecular flexibility index (Phi) is 5.84. The fourth-order valence-electron chi connectivity index (χ4n) is 3.50. The second kappa shape index (κ2) is 8.87. The topological polar surface area (TPSA) is 88.1 Å². The van der Waals surface area contributed by atoms with Crippen LogP contribution < -0.4 is 5.32 Å². The Morgan fingerprint density at radius 1 is 1.16 bits per heavy atom. The molecule has 7 heteroatoms. The van der Waals surface area contributed by atoms with Crippen molar-refractivity contribution in [2.75, 3.05) is 18.4 Å². The van der Waals surface area contributed by atoms with E-state index in [-0.39, 0.29) is 17.8 Å². The minimum atomic E-state index is -0.421. The molecule has 1 aromatic carbocycles. The molecule has 7 nitrogen and oxygen atoms in total. The van der Waals surface area contributed by atoms with Gasteiger partial charge in [-0.05, 0) is 42.7 Å². The second-order valence-electron chi connectivity index (χ2n) is 7.42. The molecule has 0 aliphatic carbocycles. The van der Waals surface area contributed by atoms with Gasteiger partial charge in [-0.2, -0.15) is 0 Å². The average Bonchev–Trinajstić information content (AvgIpc) is 2.83. The van der Waals surface area contributed by atoms with Crippen molar-refractivity contribution in [2.24, 2.45) is 0 Å². The zero-order valence-electron chi connectivity index (χ0n) is 17.3. The number of pyridine rings is 1. The van der Waals surface area contributed by atoms with Gasteiger partial charge in [0.25, 0.3) is 0 Å². The van der Waals surface area contributed by atoms with Crippen LogP contribution in [-0.4, -0.2) is 44.8 Å². The highest BCUT2D eigenvalue weighted by molar-refractivity contribution is 5.95. The molecular weight excluding hydrogens is 390 g/mol. The molecule has 0 spiro atoms. The van der Waals surface area contributed by atoms with E-state index in [0.29, 0.717) is 13.1 Å². The number of hydrogen-bond donors (Lipinski definition) is 1. The molecule has 3 heterocycles. The summed E-state index contributed by atoms with van der Waals surface area (Å²) >= 11 is 0. The first-order valence-corrected chi connectivity index (χ1v) is 10.1. The standard InChI is InChI=1S/C24H23N5O2/c1-3-22(30)29-12-6-8-19(15-29)20-11-10-17(13-25-20)16(2)23(31)28-24-26-14-18-7-4-5-9-21(18)27-24/h3-5,7-11,13-14,16H,1,6,12,15H2,2H3,(H,26,27,28,31). The Bertz CT molecular complexity index is 1170. The van der Waals surface area contributed by atoms with Crippen LogP contribution in [0.3, 0.4) is 0 Å². The third-order valence-corrected chi connectivity index (χ3v) is 5.37. The zero-order chi connectivity index (χ0) is 21.8. The number of carbonyl (C=O) groups excluding carboxylic acids is 2. The van der Waals surface area contributed by atoms with Crippen LogP contribution in [0, 0.1) is 0 Å². The number of rotatable bonds is 5. The summed E-state index contributed by atoms with van der Waals surface area (Å²) in [4.78, 5) is 39.5. The van der Waals surface area contributed by atoms with Gasteiger partial charge in [0.15, 0.2) is 0 Å². The van der Waals surface area contributed by atoms with Gasteiger partial charge in [0.1, 0.15) is 0 Å². The number of hydrogen-bond acceptors (Lipinski definition) is 5. The summed E-state index contributed by atoms with van der Waals surface area (Å²) in [6.07, 6.45) is 7.61. The van der Waals surface area contributed by atoms with E-state index >= 15 is 0 Å². The molecule has 4 rings (SSSR count). The molecule has 1 aliphatic heterocycles. The first kappa shape index (κ1) is 20.4. The molecule has 1 aliphatic rings. The van der Waals surface area contributed by atoms with Crippen LogP contribution in [-0.2, 0) is 9.59 Å². The minimum absolute atomic E-state index is 0.0802. The maximum atomic E-state index is 12.7. The molecule has 1 N–H and O–H groups in total. The van der Waals surface area contributed by atoms with Gasteiger partial charge in [0.05, 0.1) is 17.1 Å². The SMILES string of the molecule is C=CC(=O)N1CCC=C(c2ccc(C(C)C(=O)Nc3ncc4ccccc4n3)cn2)C1. The summed E-state index contributed by atoms with van der Waals surface area (Å²) in [6, 6.07) is 11.4. The van der Waals surface area contributed by atoms with Crippen molar-refractivity contribution in [3.63, 3.8) is 0 Å². The van der Waals surface area contributed by atoms with Gasteiger partial charge in [-0.1, -0.05) is 36.9 Å². The van der Waals surface area contributed by atoms with E-state index in [2.05, 4.69) is 32.9 Å². The lowest BCUT2D eigenvalue weighted by Gasteiger charge is -2.26. The lowest BCUT2D eigenvalue weighted by atomic mass is 10.00. The third kappa shape index (κ3) is 4.50. The number of para-hydroxylation sites is 1. The third-order valence-electron chi connectivity index (χ3n) is 5.37. The highest BCUT2D eigenvalue weighted by atomic mass is 16.2. The number of nitrogens with zero attached hydrogens (tertiary/aromatic N) is 4. The number of amides is 2. The first-order chi connectivity index (χ1) is 15.0. The summed E-state index contributed by atoms with van der Waals surface area (Å²) in [5, 5.41) is 3.70. The van der Waals surface area contributed by atoms with Crippen molar-refractivity contribution in [3.05, 3.63) is 78.8 Å². The molecule has 0 saturated heterocycles. The molecule has 2 aromatic heterocycles. The minimum Gasteiger partial charge on any atom is -0.334 e. The zero-order valence-corrected chi connectivity index (χ0v) is 17.3. The predicted octanol–water partition coefficient (Wildman–Crippen LogP) is 3.57. The Morgan fingerprint density at radius 2 is 2.00 bits per heavy atom. The van der Waals surface area contributed by atoms with Crippen LogP contribution >= 0.6 is 0 Å². The molecule has 0 saturated carbocycles. The lowest BCUT2D eigenvalue weighted by molar-refractivity contribution is -0.125. The highest BCUT2D eigenvalue weighted by Crippen LogP contribution is 2.22. The van der Waals surface area contributed by atoms with Crippen molar-refractivity contribution < 1.29 is 9.59 Å². The number of carbonyl (C=O) groups is 2. The molecule has 0 fully saturated rings. The normalized spacial score (nSPS) is 14.6. The number of anilines is 1. The van der Waals surface area contributed by atoms with Crippen LogP contribution in [0.1, 0.15) is 30.5 Å². The van der Waals surface area contributed by atoms with Crippen molar-refractivity contribution in [3.8, 4) is 0 Å². The predicted molar refractivity (Wildman–Crippen MR) is 120 cm³/mol. The summed E-state index contributed by atoms with van der Waals surface area (Å²) in [7, 11) is 0. The molecule has 2 amide bonds. The molecule has 0 radical (unpaired) electrons. The summed E-state index contributed by atoms with van der Waals surface area (Å²) in [6.45, 7) is 6.56. The monoisotopic (exact) mass is 413 g/mol. The summed E-state index contributed by atoms with van der Waals surface area (Å²) in [5.74, 6) is -0.428. The Labute approximate surface area is 180 Å². The van der Waals surface area contributed by atoms with Crippen LogP contribution in [0.5, 0.6) is 0 Å². The van der Waals surface area contributed by atoms with Gasteiger partial charge in [-0.25, -0.2) is 9.97 Å². The van der Waals surface area contributed by atoms with Crippen molar-refractivity contribution in [1.29, 1.82) is 0 Å². The molecule has 156 valence electrons. The molecule has 0 bridgehead atoms. The van der Waals surface area contributed by atoms with E-state index < -0.39 is 5.92 Å².